The molecule has 3 atom stereocenters. The molecule has 6 nitrogen and oxygen atoms in total. The average Bonchev–Trinajstić information content (AvgIpc) is 2.39. The highest BCUT2D eigenvalue weighted by Gasteiger charge is 2.56. The molecule has 116 valence electrons. The first-order valence-electron chi connectivity index (χ1n) is 6.59. The van der Waals surface area contributed by atoms with Gasteiger partial charge in [0.25, 0.3) is 0 Å². The van der Waals surface area contributed by atoms with Crippen LogP contribution in [0, 0.1) is 11.2 Å². The van der Waals surface area contributed by atoms with Crippen molar-refractivity contribution < 1.29 is 19.4 Å². The van der Waals surface area contributed by atoms with Crippen molar-refractivity contribution in [1.29, 1.82) is 0 Å². The van der Waals surface area contributed by atoms with Crippen molar-refractivity contribution in [2.24, 2.45) is 5.41 Å². The zero-order valence-electron chi connectivity index (χ0n) is 11.7. The van der Waals surface area contributed by atoms with E-state index in [9.17, 15) is 19.4 Å². The Bertz CT molecular complexity index is 570. The Labute approximate surface area is 126 Å². The Balaban J connectivity index is 2.31. The number of aliphatic carboxylic acids is 1. The van der Waals surface area contributed by atoms with Gasteiger partial charge in [-0.2, -0.15) is 4.98 Å². The maximum atomic E-state index is 13.7. The maximum absolute atomic E-state index is 13.7. The van der Waals surface area contributed by atoms with E-state index in [4.69, 9.17) is 11.6 Å². The Morgan fingerprint density at radius 2 is 2.24 bits per heavy atom. The summed E-state index contributed by atoms with van der Waals surface area (Å²) in [7, 11) is 0. The normalized spacial score (nSPS) is 32.7. The van der Waals surface area contributed by atoms with Gasteiger partial charge in [-0.15, -0.1) is 0 Å². The molecule has 0 bridgehead atoms. The zero-order chi connectivity index (χ0) is 15.8. The molecule has 1 aromatic heterocycles. The van der Waals surface area contributed by atoms with E-state index in [-0.39, 0.29) is 11.1 Å². The van der Waals surface area contributed by atoms with Crippen LogP contribution in [0.25, 0.3) is 0 Å². The van der Waals surface area contributed by atoms with Crippen LogP contribution in [-0.2, 0) is 4.79 Å². The van der Waals surface area contributed by atoms with Crippen LogP contribution in [0.3, 0.4) is 0 Å². The van der Waals surface area contributed by atoms with Crippen molar-refractivity contribution in [3.8, 4) is 0 Å². The quantitative estimate of drug-likeness (QED) is 0.739. The molecule has 1 fully saturated rings. The second-order valence-electron chi connectivity index (χ2n) is 5.71. The first-order valence-corrected chi connectivity index (χ1v) is 6.96. The van der Waals surface area contributed by atoms with Gasteiger partial charge in [-0.05, 0) is 38.3 Å². The molecule has 1 aliphatic rings. The summed E-state index contributed by atoms with van der Waals surface area (Å²) in [4.78, 5) is 18.7. The van der Waals surface area contributed by atoms with Gasteiger partial charge in [-0.25, -0.2) is 9.37 Å². The number of nitrogens with one attached hydrogen (secondary N) is 1. The van der Waals surface area contributed by atoms with Crippen LogP contribution >= 0.6 is 11.6 Å². The fourth-order valence-electron chi connectivity index (χ4n) is 2.73. The molecule has 0 amide bonds. The van der Waals surface area contributed by atoms with E-state index in [1.807, 2.05) is 0 Å². The van der Waals surface area contributed by atoms with Crippen molar-refractivity contribution in [3.63, 3.8) is 0 Å². The number of carbonyl (C=O) groups is 1. The Morgan fingerprint density at radius 1 is 1.57 bits per heavy atom. The van der Waals surface area contributed by atoms with E-state index in [0.717, 1.165) is 6.20 Å². The second-order valence-corrected chi connectivity index (χ2v) is 6.05. The molecule has 21 heavy (non-hydrogen) atoms. The first kappa shape index (κ1) is 15.9. The predicted molar refractivity (Wildman–Crippen MR) is 74.6 cm³/mol. The number of hydrogen-bond donors (Lipinski definition) is 3. The molecule has 1 heterocycles. The molecule has 0 aliphatic heterocycles. The summed E-state index contributed by atoms with van der Waals surface area (Å²) < 4.78 is 13.7. The van der Waals surface area contributed by atoms with Crippen molar-refractivity contribution in [1.82, 2.24) is 9.97 Å². The van der Waals surface area contributed by atoms with Crippen LogP contribution in [0.15, 0.2) is 6.20 Å². The van der Waals surface area contributed by atoms with Gasteiger partial charge in [0.1, 0.15) is 0 Å². The highest BCUT2D eigenvalue weighted by molar-refractivity contribution is 6.28. The molecule has 1 aromatic rings. The summed E-state index contributed by atoms with van der Waals surface area (Å²) >= 11 is 5.63. The number of anilines is 1. The minimum Gasteiger partial charge on any atom is -0.481 e. The molecule has 1 saturated carbocycles. The van der Waals surface area contributed by atoms with E-state index >= 15 is 0 Å². The highest BCUT2D eigenvalue weighted by atomic mass is 35.5. The van der Waals surface area contributed by atoms with E-state index < -0.39 is 28.8 Å². The van der Waals surface area contributed by atoms with E-state index in [0.29, 0.717) is 19.3 Å². The molecular formula is C13H17ClFN3O3. The van der Waals surface area contributed by atoms with Gasteiger partial charge in [0.05, 0.1) is 23.3 Å². The third kappa shape index (κ3) is 2.67. The third-order valence-corrected chi connectivity index (χ3v) is 4.64. The SMILES string of the molecule is CC1(C(=O)O)CCCC(Nc2nc(Cl)ncc2F)C1(C)O. The molecule has 0 aromatic carbocycles. The monoisotopic (exact) mass is 317 g/mol. The average molecular weight is 318 g/mol. The van der Waals surface area contributed by atoms with Crippen molar-refractivity contribution in [3.05, 3.63) is 17.3 Å². The number of aromatic nitrogens is 2. The van der Waals surface area contributed by atoms with Crippen molar-refractivity contribution in [2.45, 2.75) is 44.8 Å². The van der Waals surface area contributed by atoms with Gasteiger partial charge in [-0.3, -0.25) is 4.79 Å². The van der Waals surface area contributed by atoms with Crippen LogP contribution in [0.2, 0.25) is 5.28 Å². The lowest BCUT2D eigenvalue weighted by atomic mass is 9.62. The predicted octanol–water partition coefficient (Wildman–Crippen LogP) is 2.08. The fourth-order valence-corrected chi connectivity index (χ4v) is 2.86. The molecule has 1 aliphatic carbocycles. The van der Waals surface area contributed by atoms with Gasteiger partial charge in [0.2, 0.25) is 5.28 Å². The van der Waals surface area contributed by atoms with Gasteiger partial charge >= 0.3 is 5.97 Å². The summed E-state index contributed by atoms with van der Waals surface area (Å²) in [5, 5.41) is 22.7. The van der Waals surface area contributed by atoms with Gasteiger partial charge in [-0.1, -0.05) is 6.42 Å². The number of aliphatic hydroxyl groups is 1. The van der Waals surface area contributed by atoms with Crippen molar-refractivity contribution in [2.75, 3.05) is 5.32 Å². The van der Waals surface area contributed by atoms with Crippen LogP contribution < -0.4 is 5.32 Å². The summed E-state index contributed by atoms with van der Waals surface area (Å²) in [6, 6.07) is -0.659. The second kappa shape index (κ2) is 5.38. The lowest BCUT2D eigenvalue weighted by Crippen LogP contribution is -2.61. The smallest absolute Gasteiger partial charge is 0.312 e. The highest BCUT2D eigenvalue weighted by Crippen LogP contribution is 2.45. The minimum absolute atomic E-state index is 0.129. The molecule has 8 heteroatoms. The van der Waals surface area contributed by atoms with Crippen LogP contribution in [0.5, 0.6) is 0 Å². The van der Waals surface area contributed by atoms with E-state index in [1.165, 1.54) is 13.8 Å². The molecule has 0 spiro atoms. The van der Waals surface area contributed by atoms with Gasteiger partial charge in [0, 0.05) is 0 Å². The number of carboxylic acid groups (broad SMARTS) is 1. The molecule has 0 radical (unpaired) electrons. The van der Waals surface area contributed by atoms with Crippen LogP contribution in [-0.4, -0.2) is 37.8 Å². The van der Waals surface area contributed by atoms with Crippen LogP contribution in [0.4, 0.5) is 10.2 Å². The largest absolute Gasteiger partial charge is 0.481 e. The minimum atomic E-state index is -1.57. The molecular weight excluding hydrogens is 301 g/mol. The molecule has 3 unspecified atom stereocenters. The summed E-state index contributed by atoms with van der Waals surface area (Å²) in [6.07, 6.45) is 2.36. The van der Waals surface area contributed by atoms with E-state index in [2.05, 4.69) is 15.3 Å². The molecule has 0 saturated heterocycles. The zero-order valence-corrected chi connectivity index (χ0v) is 12.5. The molecule has 3 N–H and O–H groups in total. The summed E-state index contributed by atoms with van der Waals surface area (Å²) in [5.41, 5.74) is -2.89. The lowest BCUT2D eigenvalue weighted by molar-refractivity contribution is -0.172. The Hall–Kier alpha value is -1.47. The molecule has 2 rings (SSSR count). The summed E-state index contributed by atoms with van der Waals surface area (Å²) in [6.45, 7) is 2.94. The van der Waals surface area contributed by atoms with E-state index in [1.54, 1.807) is 0 Å². The van der Waals surface area contributed by atoms with Crippen molar-refractivity contribution >= 4 is 23.4 Å². The first-order chi connectivity index (χ1) is 9.68. The number of nitrogens with zero attached hydrogens (tertiary/aromatic N) is 2. The number of rotatable bonds is 3. The standard InChI is InChI=1S/C13H17ClFN3O3/c1-12(10(19)20)5-3-4-8(13(12,2)21)17-9-7(15)6-16-11(14)18-9/h6,8,21H,3-5H2,1-2H3,(H,19,20)(H,16,17,18). The van der Waals surface area contributed by atoms with Crippen LogP contribution in [0.1, 0.15) is 33.1 Å². The Morgan fingerprint density at radius 3 is 2.86 bits per heavy atom. The lowest BCUT2D eigenvalue weighted by Gasteiger charge is -2.48. The number of carboxylic acids is 1. The van der Waals surface area contributed by atoms with Gasteiger partial charge in [0.15, 0.2) is 11.6 Å². The Kier molecular flexibility index (Phi) is 4.08. The number of halogens is 2. The topological polar surface area (TPSA) is 95.3 Å². The third-order valence-electron chi connectivity index (χ3n) is 4.46. The van der Waals surface area contributed by atoms with Gasteiger partial charge < -0.3 is 15.5 Å². The maximum Gasteiger partial charge on any atom is 0.312 e. The number of hydrogen-bond acceptors (Lipinski definition) is 5. The fraction of sp³-hybridized carbons (Fsp3) is 0.615. The summed E-state index contributed by atoms with van der Waals surface area (Å²) in [5.74, 6) is -1.94.